The molecule has 1 aromatic heterocycles. The predicted molar refractivity (Wildman–Crippen MR) is 72.0 cm³/mol. The minimum absolute atomic E-state index is 0.0132. The Hall–Kier alpha value is -2.28. The van der Waals surface area contributed by atoms with Crippen LogP contribution in [0.25, 0.3) is 0 Å². The normalized spacial score (nSPS) is 10.4. The number of aliphatic hydroxyl groups excluding tert-OH is 1. The van der Waals surface area contributed by atoms with Crippen LogP contribution in [0.2, 0.25) is 0 Å². The zero-order valence-electron chi connectivity index (χ0n) is 10.8. The summed E-state index contributed by atoms with van der Waals surface area (Å²) < 4.78 is 25.9. The smallest absolute Gasteiger partial charge is 0.227 e. The highest BCUT2D eigenvalue weighted by atomic mass is 19.2. The second-order valence-corrected chi connectivity index (χ2v) is 4.14. The molecule has 1 heterocycles. The fraction of sp³-hybridized carbons (Fsp3) is 0.231. The van der Waals surface area contributed by atoms with E-state index in [1.54, 1.807) is 24.2 Å². The largest absolute Gasteiger partial charge is 0.395 e. The molecule has 0 amide bonds. The van der Waals surface area contributed by atoms with Gasteiger partial charge < -0.3 is 15.3 Å². The first kappa shape index (κ1) is 14.1. The Balaban J connectivity index is 2.16. The van der Waals surface area contributed by atoms with Crippen LogP contribution in [-0.2, 0) is 0 Å². The number of nitrogens with zero attached hydrogens (tertiary/aromatic N) is 3. The van der Waals surface area contributed by atoms with Crippen LogP contribution in [0, 0.1) is 11.6 Å². The van der Waals surface area contributed by atoms with Gasteiger partial charge in [0.05, 0.1) is 6.61 Å². The SMILES string of the molecule is CN(CCO)c1nccc(Nc2ccc(F)c(F)c2)n1. The van der Waals surface area contributed by atoms with Crippen molar-refractivity contribution in [1.29, 1.82) is 0 Å². The van der Waals surface area contributed by atoms with Crippen molar-refractivity contribution in [3.05, 3.63) is 42.1 Å². The molecular formula is C13H14F2N4O. The van der Waals surface area contributed by atoms with E-state index in [1.807, 2.05) is 0 Å². The molecule has 0 aliphatic heterocycles. The minimum Gasteiger partial charge on any atom is -0.395 e. The summed E-state index contributed by atoms with van der Waals surface area (Å²) in [5.41, 5.74) is 0.387. The molecule has 0 aliphatic rings. The van der Waals surface area contributed by atoms with Crippen molar-refractivity contribution in [2.45, 2.75) is 0 Å². The van der Waals surface area contributed by atoms with E-state index < -0.39 is 11.6 Å². The maximum absolute atomic E-state index is 13.1. The standard InChI is InChI=1S/C13H14F2N4O/c1-19(6-7-20)13-16-5-4-12(18-13)17-9-2-3-10(14)11(15)8-9/h2-5,8,20H,6-7H2,1H3,(H,16,17,18). The Morgan fingerprint density at radius 1 is 1.25 bits per heavy atom. The van der Waals surface area contributed by atoms with Gasteiger partial charge in [-0.2, -0.15) is 4.98 Å². The molecule has 0 atom stereocenters. The molecule has 5 nitrogen and oxygen atoms in total. The lowest BCUT2D eigenvalue weighted by Crippen LogP contribution is -2.23. The van der Waals surface area contributed by atoms with E-state index in [9.17, 15) is 8.78 Å². The van der Waals surface area contributed by atoms with Gasteiger partial charge in [0.1, 0.15) is 5.82 Å². The van der Waals surface area contributed by atoms with Gasteiger partial charge in [-0.25, -0.2) is 13.8 Å². The van der Waals surface area contributed by atoms with E-state index in [0.29, 0.717) is 24.0 Å². The van der Waals surface area contributed by atoms with Gasteiger partial charge in [-0.3, -0.25) is 0 Å². The van der Waals surface area contributed by atoms with Crippen molar-refractivity contribution >= 4 is 17.5 Å². The van der Waals surface area contributed by atoms with Crippen LogP contribution in [0.4, 0.5) is 26.2 Å². The maximum atomic E-state index is 13.1. The van der Waals surface area contributed by atoms with E-state index in [2.05, 4.69) is 15.3 Å². The fourth-order valence-corrected chi connectivity index (χ4v) is 1.57. The number of aromatic nitrogens is 2. The molecule has 2 aromatic rings. The number of halogens is 2. The minimum atomic E-state index is -0.929. The lowest BCUT2D eigenvalue weighted by molar-refractivity contribution is 0.303. The Labute approximate surface area is 114 Å². The van der Waals surface area contributed by atoms with E-state index in [4.69, 9.17) is 5.11 Å². The summed E-state index contributed by atoms with van der Waals surface area (Å²) in [6, 6.07) is 5.11. The molecule has 0 bridgehead atoms. The van der Waals surface area contributed by atoms with Gasteiger partial charge in [0.15, 0.2) is 11.6 Å². The molecule has 0 radical (unpaired) electrons. The Morgan fingerprint density at radius 2 is 2.05 bits per heavy atom. The number of benzene rings is 1. The van der Waals surface area contributed by atoms with Crippen molar-refractivity contribution in [2.75, 3.05) is 30.4 Å². The summed E-state index contributed by atoms with van der Waals surface area (Å²) in [7, 11) is 1.74. The van der Waals surface area contributed by atoms with Crippen LogP contribution in [-0.4, -0.2) is 35.3 Å². The first-order valence-corrected chi connectivity index (χ1v) is 5.97. The van der Waals surface area contributed by atoms with Gasteiger partial charge in [0.2, 0.25) is 5.95 Å². The van der Waals surface area contributed by atoms with Crippen LogP contribution >= 0.6 is 0 Å². The third kappa shape index (κ3) is 3.39. The van der Waals surface area contributed by atoms with E-state index in [-0.39, 0.29) is 6.61 Å². The lowest BCUT2D eigenvalue weighted by atomic mass is 10.3. The summed E-state index contributed by atoms with van der Waals surface area (Å²) in [6.07, 6.45) is 1.54. The number of hydrogen-bond donors (Lipinski definition) is 2. The topological polar surface area (TPSA) is 61.3 Å². The molecule has 2 N–H and O–H groups in total. The van der Waals surface area contributed by atoms with E-state index in [1.165, 1.54) is 6.07 Å². The number of aliphatic hydroxyl groups is 1. The number of rotatable bonds is 5. The molecule has 0 unspecified atom stereocenters. The highest BCUT2D eigenvalue weighted by Crippen LogP contribution is 2.18. The number of nitrogens with one attached hydrogen (secondary N) is 1. The Bertz CT molecular complexity index is 594. The van der Waals surface area contributed by atoms with Gasteiger partial charge in [0.25, 0.3) is 0 Å². The number of hydrogen-bond acceptors (Lipinski definition) is 5. The quantitative estimate of drug-likeness (QED) is 0.876. The Kier molecular flexibility index (Phi) is 4.41. The van der Waals surface area contributed by atoms with Gasteiger partial charge in [-0.05, 0) is 18.2 Å². The molecule has 0 saturated carbocycles. The van der Waals surface area contributed by atoms with E-state index >= 15 is 0 Å². The van der Waals surface area contributed by atoms with Crippen molar-refractivity contribution < 1.29 is 13.9 Å². The molecule has 0 fully saturated rings. The molecule has 106 valence electrons. The van der Waals surface area contributed by atoms with Crippen LogP contribution in [0.15, 0.2) is 30.5 Å². The number of likely N-dealkylation sites (N-methyl/N-ethyl adjacent to an activating group) is 1. The lowest BCUT2D eigenvalue weighted by Gasteiger charge is -2.16. The van der Waals surface area contributed by atoms with Crippen molar-refractivity contribution in [2.24, 2.45) is 0 Å². The first-order valence-electron chi connectivity index (χ1n) is 5.97. The van der Waals surface area contributed by atoms with Gasteiger partial charge in [-0.1, -0.05) is 0 Å². The van der Waals surface area contributed by atoms with Crippen molar-refractivity contribution in [1.82, 2.24) is 9.97 Å². The monoisotopic (exact) mass is 280 g/mol. The molecule has 0 aliphatic carbocycles. The van der Waals surface area contributed by atoms with Crippen molar-refractivity contribution in [3.63, 3.8) is 0 Å². The highest BCUT2D eigenvalue weighted by Gasteiger charge is 2.06. The summed E-state index contributed by atoms with van der Waals surface area (Å²) in [5.74, 6) is -0.958. The van der Waals surface area contributed by atoms with Crippen LogP contribution < -0.4 is 10.2 Å². The molecule has 7 heteroatoms. The predicted octanol–water partition coefficient (Wildman–Crippen LogP) is 1.93. The Morgan fingerprint density at radius 3 is 2.75 bits per heavy atom. The average Bonchev–Trinajstić information content (AvgIpc) is 2.43. The molecular weight excluding hydrogens is 266 g/mol. The van der Waals surface area contributed by atoms with Crippen molar-refractivity contribution in [3.8, 4) is 0 Å². The average molecular weight is 280 g/mol. The summed E-state index contributed by atoms with van der Waals surface area (Å²) >= 11 is 0. The van der Waals surface area contributed by atoms with Crippen LogP contribution in [0.5, 0.6) is 0 Å². The third-order valence-corrected chi connectivity index (χ3v) is 2.61. The molecule has 1 aromatic carbocycles. The molecule has 0 spiro atoms. The van der Waals surface area contributed by atoms with Gasteiger partial charge >= 0.3 is 0 Å². The number of anilines is 3. The maximum Gasteiger partial charge on any atom is 0.227 e. The third-order valence-electron chi connectivity index (χ3n) is 2.61. The van der Waals surface area contributed by atoms with Gasteiger partial charge in [0, 0.05) is 31.5 Å². The second-order valence-electron chi connectivity index (χ2n) is 4.14. The summed E-state index contributed by atoms with van der Waals surface area (Å²) in [6.45, 7) is 0.384. The zero-order valence-corrected chi connectivity index (χ0v) is 10.8. The highest BCUT2D eigenvalue weighted by molar-refractivity contribution is 5.56. The zero-order chi connectivity index (χ0) is 14.5. The molecule has 0 saturated heterocycles. The van der Waals surface area contributed by atoms with E-state index in [0.717, 1.165) is 12.1 Å². The summed E-state index contributed by atoms with van der Waals surface area (Å²) in [5, 5.41) is 11.7. The molecule has 20 heavy (non-hydrogen) atoms. The summed E-state index contributed by atoms with van der Waals surface area (Å²) in [4.78, 5) is 9.95. The van der Waals surface area contributed by atoms with Crippen LogP contribution in [0.3, 0.4) is 0 Å². The van der Waals surface area contributed by atoms with Gasteiger partial charge in [-0.15, -0.1) is 0 Å². The first-order chi connectivity index (χ1) is 9.60. The fourth-order valence-electron chi connectivity index (χ4n) is 1.57. The van der Waals surface area contributed by atoms with Crippen LogP contribution in [0.1, 0.15) is 0 Å². The second kappa shape index (κ2) is 6.25. The molecule has 2 rings (SSSR count).